The standard InChI is InChI=1S/C34H37ClN2O4/c1-33(2,3)41-31(38)23-37-30-13-7-6-10-28(30)26(27-9-4-5-11-29(27)32(37)39)12-8-20-36-21-18-34(40,19-22-36)24-14-16-25(35)17-15-24/h4-7,9-17,40H,8,18-23H2,1-3H3/b26-12+. The van der Waals surface area contributed by atoms with E-state index < -0.39 is 17.2 Å². The van der Waals surface area contributed by atoms with Crippen LogP contribution in [0.5, 0.6) is 0 Å². The van der Waals surface area contributed by atoms with Crippen molar-refractivity contribution in [3.8, 4) is 0 Å². The monoisotopic (exact) mass is 572 g/mol. The fourth-order valence-corrected chi connectivity index (χ4v) is 5.83. The van der Waals surface area contributed by atoms with Gasteiger partial charge in [0.2, 0.25) is 0 Å². The van der Waals surface area contributed by atoms with Crippen LogP contribution >= 0.6 is 11.6 Å². The highest BCUT2D eigenvalue weighted by atomic mass is 35.5. The van der Waals surface area contributed by atoms with E-state index in [9.17, 15) is 14.7 Å². The highest BCUT2D eigenvalue weighted by molar-refractivity contribution is 6.30. The molecule has 2 heterocycles. The highest BCUT2D eigenvalue weighted by Crippen LogP contribution is 2.39. The van der Waals surface area contributed by atoms with E-state index in [-0.39, 0.29) is 12.5 Å². The van der Waals surface area contributed by atoms with E-state index >= 15 is 0 Å². The van der Waals surface area contributed by atoms with E-state index in [0.717, 1.165) is 48.3 Å². The number of carbonyl (C=O) groups is 2. The molecular weight excluding hydrogens is 536 g/mol. The molecule has 0 bridgehead atoms. The van der Waals surface area contributed by atoms with Crippen LogP contribution in [0.2, 0.25) is 5.02 Å². The van der Waals surface area contributed by atoms with Crippen LogP contribution in [0.15, 0.2) is 78.9 Å². The smallest absolute Gasteiger partial charge is 0.326 e. The predicted molar refractivity (Wildman–Crippen MR) is 163 cm³/mol. The molecule has 3 aromatic rings. The Morgan fingerprint density at radius 2 is 1.56 bits per heavy atom. The van der Waals surface area contributed by atoms with E-state index in [1.807, 2.05) is 93.6 Å². The summed E-state index contributed by atoms with van der Waals surface area (Å²) in [6.45, 7) is 7.70. The van der Waals surface area contributed by atoms with Gasteiger partial charge in [0.05, 0.1) is 11.3 Å². The molecule has 0 unspecified atom stereocenters. The molecule has 0 atom stereocenters. The first-order valence-electron chi connectivity index (χ1n) is 14.2. The Kier molecular flexibility index (Phi) is 8.37. The van der Waals surface area contributed by atoms with Crippen molar-refractivity contribution in [1.82, 2.24) is 4.90 Å². The number of piperidine rings is 1. The average molecular weight is 573 g/mol. The second kappa shape index (κ2) is 11.8. The number of rotatable bonds is 6. The van der Waals surface area contributed by atoms with Crippen LogP contribution in [0, 0.1) is 0 Å². The third-order valence-electron chi connectivity index (χ3n) is 7.74. The number of likely N-dealkylation sites (tertiary alicyclic amines) is 1. The van der Waals surface area contributed by atoms with Crippen molar-refractivity contribution in [2.24, 2.45) is 0 Å². The van der Waals surface area contributed by atoms with Gasteiger partial charge in [-0.25, -0.2) is 0 Å². The predicted octanol–water partition coefficient (Wildman–Crippen LogP) is 6.45. The lowest BCUT2D eigenvalue weighted by Crippen LogP contribution is -2.42. The molecule has 0 spiro atoms. The summed E-state index contributed by atoms with van der Waals surface area (Å²) in [5, 5.41) is 11.9. The molecule has 1 saturated heterocycles. The normalized spacial score (nSPS) is 18.0. The molecule has 1 amide bonds. The van der Waals surface area contributed by atoms with E-state index in [1.54, 1.807) is 0 Å². The quantitative estimate of drug-likeness (QED) is 0.344. The number of hydrogen-bond acceptors (Lipinski definition) is 5. The van der Waals surface area contributed by atoms with Gasteiger partial charge in [0.25, 0.3) is 5.91 Å². The highest BCUT2D eigenvalue weighted by Gasteiger charge is 2.34. The maximum atomic E-state index is 13.8. The second-order valence-electron chi connectivity index (χ2n) is 11.8. The summed E-state index contributed by atoms with van der Waals surface area (Å²) in [6.07, 6.45) is 4.29. The minimum atomic E-state index is -0.837. The van der Waals surface area contributed by atoms with Crippen LogP contribution < -0.4 is 4.90 Å². The maximum absolute atomic E-state index is 13.8. The lowest BCUT2D eigenvalue weighted by atomic mass is 9.84. The first kappa shape index (κ1) is 29.1. The first-order chi connectivity index (χ1) is 19.5. The van der Waals surface area contributed by atoms with E-state index in [4.69, 9.17) is 16.3 Å². The molecule has 5 rings (SSSR count). The van der Waals surface area contributed by atoms with Crippen LogP contribution in [0.4, 0.5) is 5.69 Å². The van der Waals surface area contributed by atoms with Crippen LogP contribution in [0.25, 0.3) is 5.57 Å². The van der Waals surface area contributed by atoms with Gasteiger partial charge < -0.3 is 14.7 Å². The number of anilines is 1. The number of benzene rings is 3. The van der Waals surface area contributed by atoms with Crippen LogP contribution in [-0.2, 0) is 15.1 Å². The van der Waals surface area contributed by atoms with Crippen LogP contribution in [0.1, 0.15) is 67.1 Å². The van der Waals surface area contributed by atoms with Crippen molar-refractivity contribution >= 4 is 34.7 Å². The average Bonchev–Trinajstić information content (AvgIpc) is 3.03. The Labute approximate surface area is 247 Å². The number of esters is 1. The van der Waals surface area contributed by atoms with Crippen LogP contribution in [-0.4, -0.2) is 53.7 Å². The van der Waals surface area contributed by atoms with E-state index in [2.05, 4.69) is 11.0 Å². The largest absolute Gasteiger partial charge is 0.459 e. The minimum absolute atomic E-state index is 0.168. The topological polar surface area (TPSA) is 70.1 Å². The van der Waals surface area contributed by atoms with Crippen molar-refractivity contribution < 1.29 is 19.4 Å². The molecule has 214 valence electrons. The fraction of sp³-hybridized carbons (Fsp3) is 0.353. The molecule has 0 aromatic heterocycles. The van der Waals surface area contributed by atoms with Gasteiger partial charge in [-0.1, -0.05) is 66.2 Å². The molecule has 0 radical (unpaired) electrons. The number of aliphatic hydroxyl groups is 1. The number of carbonyl (C=O) groups excluding carboxylic acids is 2. The minimum Gasteiger partial charge on any atom is -0.459 e. The molecular formula is C34H37ClN2O4. The molecule has 0 saturated carbocycles. The fourth-order valence-electron chi connectivity index (χ4n) is 5.71. The molecule has 2 aliphatic rings. The Hall–Kier alpha value is -3.45. The Morgan fingerprint density at radius 1 is 0.951 bits per heavy atom. The molecule has 6 nitrogen and oxygen atoms in total. The van der Waals surface area contributed by atoms with Crippen molar-refractivity contribution in [3.05, 3.63) is 106 Å². The summed E-state index contributed by atoms with van der Waals surface area (Å²) in [7, 11) is 0. The summed E-state index contributed by atoms with van der Waals surface area (Å²) in [5.41, 5.74) is 3.42. The number of nitrogens with zero attached hydrogens (tertiary/aromatic N) is 2. The lowest BCUT2D eigenvalue weighted by molar-refractivity contribution is -0.152. The maximum Gasteiger partial charge on any atom is 0.326 e. The zero-order chi connectivity index (χ0) is 29.2. The van der Waals surface area contributed by atoms with Gasteiger partial charge in [-0.15, -0.1) is 0 Å². The summed E-state index contributed by atoms with van der Waals surface area (Å²) in [5.74, 6) is -0.672. The van der Waals surface area contributed by atoms with Gasteiger partial charge in [0, 0.05) is 35.8 Å². The molecule has 3 aromatic carbocycles. The number of amides is 1. The van der Waals surface area contributed by atoms with Gasteiger partial charge in [-0.2, -0.15) is 0 Å². The lowest BCUT2D eigenvalue weighted by Gasteiger charge is -2.38. The zero-order valence-electron chi connectivity index (χ0n) is 23.9. The van der Waals surface area contributed by atoms with Crippen molar-refractivity contribution in [1.29, 1.82) is 0 Å². The van der Waals surface area contributed by atoms with Crippen LogP contribution in [0.3, 0.4) is 0 Å². The second-order valence-corrected chi connectivity index (χ2v) is 12.3. The number of halogens is 1. The number of ether oxygens (including phenoxy) is 1. The Morgan fingerprint density at radius 3 is 2.22 bits per heavy atom. The molecule has 7 heteroatoms. The molecule has 1 N–H and O–H groups in total. The summed E-state index contributed by atoms with van der Waals surface area (Å²) in [6, 6.07) is 22.8. The van der Waals surface area contributed by atoms with Gasteiger partial charge in [0.15, 0.2) is 0 Å². The van der Waals surface area contributed by atoms with E-state index in [0.29, 0.717) is 29.1 Å². The summed E-state index contributed by atoms with van der Waals surface area (Å²) in [4.78, 5) is 30.5. The number of hydrogen-bond donors (Lipinski definition) is 1. The summed E-state index contributed by atoms with van der Waals surface area (Å²) < 4.78 is 5.56. The van der Waals surface area contributed by atoms with Gasteiger partial charge in [-0.3, -0.25) is 14.5 Å². The Bertz CT molecular complexity index is 1450. The third kappa shape index (κ3) is 6.56. The first-order valence-corrected chi connectivity index (χ1v) is 14.6. The third-order valence-corrected chi connectivity index (χ3v) is 8.00. The van der Waals surface area contributed by atoms with Crippen molar-refractivity contribution in [2.45, 2.75) is 51.2 Å². The van der Waals surface area contributed by atoms with E-state index in [1.165, 1.54) is 4.90 Å². The molecule has 0 aliphatic carbocycles. The van der Waals surface area contributed by atoms with Crippen molar-refractivity contribution in [2.75, 3.05) is 31.1 Å². The Balaban J connectivity index is 1.36. The van der Waals surface area contributed by atoms with Gasteiger partial charge in [0.1, 0.15) is 12.1 Å². The molecule has 2 aliphatic heterocycles. The SMILES string of the molecule is CC(C)(C)OC(=O)CN1C(=O)c2ccccc2/C(=C\CCN2CCC(O)(c3ccc(Cl)cc3)CC2)c2ccccc21. The molecule has 41 heavy (non-hydrogen) atoms. The number of fused-ring (bicyclic) bond motifs is 2. The molecule has 1 fully saturated rings. The zero-order valence-corrected chi connectivity index (χ0v) is 24.7. The van der Waals surface area contributed by atoms with Gasteiger partial charge >= 0.3 is 5.97 Å². The van der Waals surface area contributed by atoms with Crippen molar-refractivity contribution in [3.63, 3.8) is 0 Å². The number of para-hydroxylation sites is 1. The van der Waals surface area contributed by atoms with Gasteiger partial charge in [-0.05, 0) is 81.0 Å². The summed E-state index contributed by atoms with van der Waals surface area (Å²) >= 11 is 6.04.